The summed E-state index contributed by atoms with van der Waals surface area (Å²) in [7, 11) is 0. The molecule has 0 unspecified atom stereocenters. The summed E-state index contributed by atoms with van der Waals surface area (Å²) in [6.45, 7) is 6.74. The van der Waals surface area contributed by atoms with Crippen LogP contribution in [0.4, 0.5) is 0 Å². The second-order valence-corrected chi connectivity index (χ2v) is 4.61. The third kappa shape index (κ3) is 4.97. The zero-order valence-electron chi connectivity index (χ0n) is 12.7. The lowest BCUT2D eigenvalue weighted by atomic mass is 10.2. The van der Waals surface area contributed by atoms with Crippen molar-refractivity contribution >= 4 is 0 Å². The molecular weight excluding hydrogens is 266 g/mol. The zero-order valence-corrected chi connectivity index (χ0v) is 12.7. The van der Waals surface area contributed by atoms with Crippen molar-refractivity contribution in [3.63, 3.8) is 0 Å². The number of nitrogens with zero attached hydrogens (tertiary/aromatic N) is 2. The summed E-state index contributed by atoms with van der Waals surface area (Å²) >= 11 is 0. The minimum atomic E-state index is -0.176. The second-order valence-electron chi connectivity index (χ2n) is 4.61. The molecule has 21 heavy (non-hydrogen) atoms. The smallest absolute Gasteiger partial charge is 0.169 e. The highest BCUT2D eigenvalue weighted by Crippen LogP contribution is 2.09. The van der Waals surface area contributed by atoms with Crippen molar-refractivity contribution in [3.8, 4) is 5.69 Å². The summed E-state index contributed by atoms with van der Waals surface area (Å²) < 4.78 is 13.0. The first-order valence-electron chi connectivity index (χ1n) is 7.34. The Labute approximate surface area is 125 Å². The quantitative estimate of drug-likeness (QED) is 0.720. The van der Waals surface area contributed by atoms with E-state index in [0.717, 1.165) is 12.2 Å². The molecule has 1 heterocycles. The number of benzene rings is 1. The Morgan fingerprint density at radius 1 is 1.14 bits per heavy atom. The van der Waals surface area contributed by atoms with Crippen LogP contribution >= 0.6 is 0 Å². The minimum absolute atomic E-state index is 0.176. The van der Waals surface area contributed by atoms with Crippen molar-refractivity contribution in [2.45, 2.75) is 26.7 Å². The largest absolute Gasteiger partial charge is 0.352 e. The molecule has 0 bridgehead atoms. The molecule has 2 aromatic rings. The standard InChI is InChI=1S/C16H23N3O2/c1-3-20-16(21-4-2)12-18-11-14-5-7-15(8-6-14)19-10-9-17-13-19/h5-10,13,16,18H,3-4,11-12H2,1-2H3. The van der Waals surface area contributed by atoms with Gasteiger partial charge in [-0.3, -0.25) is 0 Å². The maximum Gasteiger partial charge on any atom is 0.169 e. The number of aromatic nitrogens is 2. The second kappa shape index (κ2) is 8.56. The number of hydrogen-bond acceptors (Lipinski definition) is 4. The van der Waals surface area contributed by atoms with Gasteiger partial charge in [0, 0.05) is 44.4 Å². The van der Waals surface area contributed by atoms with Crippen molar-refractivity contribution in [1.82, 2.24) is 14.9 Å². The summed E-state index contributed by atoms with van der Waals surface area (Å²) in [5, 5.41) is 3.36. The normalized spacial score (nSPS) is 11.2. The number of imidazole rings is 1. The fourth-order valence-electron chi connectivity index (χ4n) is 2.07. The SMILES string of the molecule is CCOC(CNCc1ccc(-n2ccnc2)cc1)OCC. The molecule has 0 aliphatic rings. The van der Waals surface area contributed by atoms with E-state index in [2.05, 4.69) is 34.6 Å². The average Bonchev–Trinajstić information content (AvgIpc) is 3.03. The Morgan fingerprint density at radius 2 is 1.86 bits per heavy atom. The highest BCUT2D eigenvalue weighted by atomic mass is 16.7. The molecule has 1 aromatic heterocycles. The van der Waals surface area contributed by atoms with Crippen LogP contribution in [0.2, 0.25) is 0 Å². The van der Waals surface area contributed by atoms with E-state index < -0.39 is 0 Å². The Hall–Kier alpha value is -1.69. The zero-order chi connectivity index (χ0) is 14.9. The van der Waals surface area contributed by atoms with Crippen LogP contribution in [0.1, 0.15) is 19.4 Å². The van der Waals surface area contributed by atoms with Crippen LogP contribution in [0.3, 0.4) is 0 Å². The molecule has 2 rings (SSSR count). The molecule has 0 radical (unpaired) electrons. The van der Waals surface area contributed by atoms with Crippen molar-refractivity contribution in [3.05, 3.63) is 48.5 Å². The van der Waals surface area contributed by atoms with Crippen molar-refractivity contribution in [2.24, 2.45) is 0 Å². The first-order valence-corrected chi connectivity index (χ1v) is 7.34. The van der Waals surface area contributed by atoms with Gasteiger partial charge in [0.25, 0.3) is 0 Å². The molecule has 0 aliphatic carbocycles. The number of ether oxygens (including phenoxy) is 2. The van der Waals surface area contributed by atoms with Crippen LogP contribution in [0.15, 0.2) is 43.0 Å². The molecule has 0 aliphatic heterocycles. The lowest BCUT2D eigenvalue weighted by molar-refractivity contribution is -0.133. The van der Waals surface area contributed by atoms with Gasteiger partial charge in [0.1, 0.15) is 0 Å². The van der Waals surface area contributed by atoms with Crippen LogP contribution in [0.5, 0.6) is 0 Å². The van der Waals surface area contributed by atoms with Crippen molar-refractivity contribution in [2.75, 3.05) is 19.8 Å². The van der Waals surface area contributed by atoms with E-state index in [-0.39, 0.29) is 6.29 Å². The van der Waals surface area contributed by atoms with Crippen molar-refractivity contribution < 1.29 is 9.47 Å². The van der Waals surface area contributed by atoms with E-state index in [4.69, 9.17) is 9.47 Å². The van der Waals surface area contributed by atoms with Gasteiger partial charge in [-0.2, -0.15) is 0 Å². The van der Waals surface area contributed by atoms with Crippen LogP contribution < -0.4 is 5.32 Å². The van der Waals surface area contributed by atoms with Crippen LogP contribution in [-0.4, -0.2) is 35.6 Å². The van der Waals surface area contributed by atoms with Gasteiger partial charge in [0.15, 0.2) is 6.29 Å². The van der Waals surface area contributed by atoms with E-state index in [1.54, 1.807) is 12.5 Å². The average molecular weight is 289 g/mol. The van der Waals surface area contributed by atoms with Gasteiger partial charge in [-0.25, -0.2) is 4.98 Å². The molecule has 1 N–H and O–H groups in total. The molecule has 0 saturated heterocycles. The molecule has 1 aromatic carbocycles. The third-order valence-corrected chi connectivity index (χ3v) is 3.08. The summed E-state index contributed by atoms with van der Waals surface area (Å²) in [5.74, 6) is 0. The Kier molecular flexibility index (Phi) is 6.40. The van der Waals surface area contributed by atoms with Gasteiger partial charge in [0.2, 0.25) is 0 Å². The Morgan fingerprint density at radius 3 is 2.43 bits per heavy atom. The molecule has 0 fully saturated rings. The van der Waals surface area contributed by atoms with Crippen LogP contribution in [0.25, 0.3) is 5.69 Å². The summed E-state index contributed by atoms with van der Waals surface area (Å²) in [5.41, 5.74) is 2.34. The molecule has 5 nitrogen and oxygen atoms in total. The summed E-state index contributed by atoms with van der Waals surface area (Å²) in [4.78, 5) is 4.05. The van der Waals surface area contributed by atoms with E-state index in [9.17, 15) is 0 Å². The maximum atomic E-state index is 5.49. The van der Waals surface area contributed by atoms with Crippen LogP contribution in [-0.2, 0) is 16.0 Å². The minimum Gasteiger partial charge on any atom is -0.352 e. The molecule has 0 atom stereocenters. The van der Waals surface area contributed by atoms with Gasteiger partial charge in [-0.1, -0.05) is 12.1 Å². The lowest BCUT2D eigenvalue weighted by Gasteiger charge is -2.17. The van der Waals surface area contributed by atoms with E-state index >= 15 is 0 Å². The fourth-order valence-corrected chi connectivity index (χ4v) is 2.07. The van der Waals surface area contributed by atoms with E-state index in [0.29, 0.717) is 19.8 Å². The topological polar surface area (TPSA) is 48.3 Å². The van der Waals surface area contributed by atoms with Gasteiger partial charge >= 0.3 is 0 Å². The summed E-state index contributed by atoms with van der Waals surface area (Å²) in [6, 6.07) is 8.39. The van der Waals surface area contributed by atoms with Gasteiger partial charge in [0.05, 0.1) is 6.33 Å². The van der Waals surface area contributed by atoms with Gasteiger partial charge < -0.3 is 19.4 Å². The van der Waals surface area contributed by atoms with E-state index in [1.165, 1.54) is 5.56 Å². The maximum absolute atomic E-state index is 5.49. The molecule has 114 valence electrons. The highest BCUT2D eigenvalue weighted by molar-refractivity contribution is 5.34. The number of hydrogen-bond donors (Lipinski definition) is 1. The first-order chi connectivity index (χ1) is 10.3. The third-order valence-electron chi connectivity index (χ3n) is 3.08. The van der Waals surface area contributed by atoms with Crippen LogP contribution in [0, 0.1) is 0 Å². The Bertz CT molecular complexity index is 491. The lowest BCUT2D eigenvalue weighted by Crippen LogP contribution is -2.31. The predicted octanol–water partition coefficient (Wildman–Crippen LogP) is 2.36. The predicted molar refractivity (Wildman–Crippen MR) is 82.3 cm³/mol. The highest BCUT2D eigenvalue weighted by Gasteiger charge is 2.06. The fraction of sp³-hybridized carbons (Fsp3) is 0.438. The molecular formula is C16H23N3O2. The summed E-state index contributed by atoms with van der Waals surface area (Å²) in [6.07, 6.45) is 5.33. The monoisotopic (exact) mass is 289 g/mol. The Balaban J connectivity index is 1.80. The number of rotatable bonds is 9. The van der Waals surface area contributed by atoms with Gasteiger partial charge in [-0.15, -0.1) is 0 Å². The number of nitrogens with one attached hydrogen (secondary N) is 1. The molecule has 0 amide bonds. The van der Waals surface area contributed by atoms with E-state index in [1.807, 2.05) is 24.6 Å². The molecule has 0 spiro atoms. The molecule has 5 heteroatoms. The van der Waals surface area contributed by atoms with Crippen molar-refractivity contribution in [1.29, 1.82) is 0 Å². The molecule has 0 saturated carbocycles. The van der Waals surface area contributed by atoms with Gasteiger partial charge in [-0.05, 0) is 31.5 Å². The first kappa shape index (κ1) is 15.7.